The van der Waals surface area contributed by atoms with Crippen LogP contribution in [-0.4, -0.2) is 47.9 Å². The molecule has 0 aliphatic carbocycles. The number of rotatable bonds is 3. The van der Waals surface area contributed by atoms with Gasteiger partial charge in [0.2, 0.25) is 0 Å². The first-order chi connectivity index (χ1) is 9.23. The first kappa shape index (κ1) is 13.3. The second kappa shape index (κ2) is 5.37. The highest BCUT2D eigenvalue weighted by Gasteiger charge is 2.47. The molecule has 0 aromatic carbocycles. The van der Waals surface area contributed by atoms with E-state index >= 15 is 0 Å². The molecular formula is C14H19ClN2O2. The highest BCUT2D eigenvalue weighted by Crippen LogP contribution is 2.42. The van der Waals surface area contributed by atoms with Crippen LogP contribution in [0.25, 0.3) is 0 Å². The van der Waals surface area contributed by atoms with Gasteiger partial charge < -0.3 is 9.84 Å². The molecule has 2 aliphatic rings. The van der Waals surface area contributed by atoms with Gasteiger partial charge in [0.15, 0.2) is 0 Å². The molecule has 2 atom stereocenters. The second-order valence-corrected chi connectivity index (χ2v) is 6.09. The van der Waals surface area contributed by atoms with E-state index in [-0.39, 0.29) is 12.0 Å². The Morgan fingerprint density at radius 3 is 3.21 bits per heavy atom. The molecule has 0 amide bonds. The summed E-state index contributed by atoms with van der Waals surface area (Å²) in [6, 6.07) is 1.96. The van der Waals surface area contributed by atoms with E-state index < -0.39 is 0 Å². The smallest absolute Gasteiger partial charge is 0.0634 e. The van der Waals surface area contributed by atoms with Crippen molar-refractivity contribution in [2.45, 2.75) is 13.0 Å². The van der Waals surface area contributed by atoms with Crippen molar-refractivity contribution in [2.24, 2.45) is 11.3 Å². The van der Waals surface area contributed by atoms with Crippen LogP contribution in [0.5, 0.6) is 0 Å². The molecule has 1 aromatic heterocycles. The van der Waals surface area contributed by atoms with Crippen LogP contribution in [-0.2, 0) is 11.3 Å². The van der Waals surface area contributed by atoms with Crippen molar-refractivity contribution in [3.8, 4) is 0 Å². The topological polar surface area (TPSA) is 45.6 Å². The highest BCUT2D eigenvalue weighted by molar-refractivity contribution is 6.31. The standard InChI is InChI=1S/C14H19ClN2O2/c15-13-5-16-3-1-11(13)6-17-7-12-8-19-4-2-14(12,9-17)10-18/h1,3,5,12,18H,2,4,6-10H2/t12-,14-/m1/s1. The minimum absolute atomic E-state index is 0.0256. The number of halogens is 1. The minimum atomic E-state index is 0.0256. The number of fused-ring (bicyclic) bond motifs is 1. The number of hydrogen-bond acceptors (Lipinski definition) is 4. The van der Waals surface area contributed by atoms with Gasteiger partial charge in [-0.1, -0.05) is 11.6 Å². The normalized spacial score (nSPS) is 31.4. The summed E-state index contributed by atoms with van der Waals surface area (Å²) in [5, 5.41) is 10.5. The van der Waals surface area contributed by atoms with Crippen LogP contribution in [0.15, 0.2) is 18.5 Å². The molecule has 0 radical (unpaired) electrons. The van der Waals surface area contributed by atoms with Gasteiger partial charge >= 0.3 is 0 Å². The van der Waals surface area contributed by atoms with E-state index in [4.69, 9.17) is 16.3 Å². The molecule has 1 aromatic rings. The maximum atomic E-state index is 9.77. The van der Waals surface area contributed by atoms with Gasteiger partial charge in [-0.25, -0.2) is 0 Å². The van der Waals surface area contributed by atoms with E-state index in [0.29, 0.717) is 10.9 Å². The number of aliphatic hydroxyl groups excluding tert-OH is 1. The van der Waals surface area contributed by atoms with E-state index in [9.17, 15) is 5.11 Å². The number of aromatic nitrogens is 1. The van der Waals surface area contributed by atoms with E-state index in [2.05, 4.69) is 9.88 Å². The van der Waals surface area contributed by atoms with Crippen molar-refractivity contribution in [3.63, 3.8) is 0 Å². The summed E-state index contributed by atoms with van der Waals surface area (Å²) in [5.41, 5.74) is 1.13. The van der Waals surface area contributed by atoms with Gasteiger partial charge in [-0.2, -0.15) is 0 Å². The Bertz CT molecular complexity index is 457. The van der Waals surface area contributed by atoms with Crippen LogP contribution in [0.3, 0.4) is 0 Å². The number of hydrogen-bond donors (Lipinski definition) is 1. The summed E-state index contributed by atoms with van der Waals surface area (Å²) in [5.74, 6) is 0.437. The molecule has 2 saturated heterocycles. The molecule has 0 saturated carbocycles. The van der Waals surface area contributed by atoms with E-state index in [1.54, 1.807) is 12.4 Å². The Morgan fingerprint density at radius 2 is 2.47 bits per heavy atom. The van der Waals surface area contributed by atoms with Gasteiger partial charge in [-0.3, -0.25) is 9.88 Å². The van der Waals surface area contributed by atoms with Crippen molar-refractivity contribution in [1.29, 1.82) is 0 Å². The fourth-order valence-electron chi connectivity index (χ4n) is 3.31. The third-order valence-corrected chi connectivity index (χ3v) is 4.85. The van der Waals surface area contributed by atoms with E-state index in [1.165, 1.54) is 0 Å². The number of nitrogens with zero attached hydrogens (tertiary/aromatic N) is 2. The van der Waals surface area contributed by atoms with Crippen LogP contribution < -0.4 is 0 Å². The lowest BCUT2D eigenvalue weighted by atomic mass is 9.75. The van der Waals surface area contributed by atoms with Gasteiger partial charge in [0.1, 0.15) is 0 Å². The van der Waals surface area contributed by atoms with Crippen LogP contribution in [0.1, 0.15) is 12.0 Å². The minimum Gasteiger partial charge on any atom is -0.396 e. The molecule has 2 aliphatic heterocycles. The second-order valence-electron chi connectivity index (χ2n) is 5.68. The fraction of sp³-hybridized carbons (Fsp3) is 0.643. The lowest BCUT2D eigenvalue weighted by Crippen LogP contribution is -2.41. The molecule has 19 heavy (non-hydrogen) atoms. The molecule has 104 valence electrons. The monoisotopic (exact) mass is 282 g/mol. The predicted molar refractivity (Wildman–Crippen MR) is 73.0 cm³/mol. The summed E-state index contributed by atoms with van der Waals surface area (Å²) in [6.07, 6.45) is 4.41. The third kappa shape index (κ3) is 2.50. The van der Waals surface area contributed by atoms with E-state index in [1.807, 2.05) is 6.07 Å². The first-order valence-electron chi connectivity index (χ1n) is 6.73. The van der Waals surface area contributed by atoms with Gasteiger partial charge in [-0.05, 0) is 18.1 Å². The fourth-order valence-corrected chi connectivity index (χ4v) is 3.49. The van der Waals surface area contributed by atoms with Crippen LogP contribution in [0, 0.1) is 11.3 Å². The summed E-state index contributed by atoms with van der Waals surface area (Å²) in [7, 11) is 0. The van der Waals surface area contributed by atoms with Gasteiger partial charge in [-0.15, -0.1) is 0 Å². The lowest BCUT2D eigenvalue weighted by Gasteiger charge is -2.36. The Hall–Kier alpha value is -0.680. The molecule has 4 nitrogen and oxygen atoms in total. The molecule has 2 fully saturated rings. The Kier molecular flexibility index (Phi) is 3.76. The largest absolute Gasteiger partial charge is 0.396 e. The van der Waals surface area contributed by atoms with Gasteiger partial charge in [0, 0.05) is 50.0 Å². The summed E-state index contributed by atoms with van der Waals surface area (Å²) in [4.78, 5) is 6.38. The lowest BCUT2D eigenvalue weighted by molar-refractivity contribution is -0.0417. The van der Waals surface area contributed by atoms with Crippen molar-refractivity contribution < 1.29 is 9.84 Å². The number of ether oxygens (including phenoxy) is 1. The zero-order valence-electron chi connectivity index (χ0n) is 10.9. The molecule has 1 N–H and O–H groups in total. The van der Waals surface area contributed by atoms with Crippen LogP contribution >= 0.6 is 11.6 Å². The average molecular weight is 283 g/mol. The molecule has 3 rings (SSSR count). The predicted octanol–water partition coefficient (Wildman–Crippen LogP) is 1.57. The Balaban J connectivity index is 1.73. The van der Waals surface area contributed by atoms with Gasteiger partial charge in [0.05, 0.1) is 18.2 Å². The molecular weight excluding hydrogens is 264 g/mol. The Labute approximate surface area is 118 Å². The Morgan fingerprint density at radius 1 is 1.58 bits per heavy atom. The van der Waals surface area contributed by atoms with Crippen LogP contribution in [0.4, 0.5) is 0 Å². The maximum Gasteiger partial charge on any atom is 0.0634 e. The molecule has 3 heterocycles. The zero-order chi connectivity index (χ0) is 13.3. The number of aliphatic hydroxyl groups is 1. The number of pyridine rings is 1. The number of likely N-dealkylation sites (tertiary alicyclic amines) is 1. The van der Waals surface area contributed by atoms with Gasteiger partial charge in [0.25, 0.3) is 0 Å². The summed E-state index contributed by atoms with van der Waals surface area (Å²) in [6.45, 7) is 4.50. The molecule has 0 unspecified atom stereocenters. The van der Waals surface area contributed by atoms with Crippen molar-refractivity contribution in [1.82, 2.24) is 9.88 Å². The molecule has 0 spiro atoms. The summed E-state index contributed by atoms with van der Waals surface area (Å²) >= 11 is 6.16. The first-order valence-corrected chi connectivity index (χ1v) is 7.11. The van der Waals surface area contributed by atoms with E-state index in [0.717, 1.165) is 44.8 Å². The quantitative estimate of drug-likeness (QED) is 0.914. The van der Waals surface area contributed by atoms with Crippen molar-refractivity contribution >= 4 is 11.6 Å². The average Bonchev–Trinajstić information content (AvgIpc) is 2.80. The zero-order valence-corrected chi connectivity index (χ0v) is 11.6. The van der Waals surface area contributed by atoms with Crippen molar-refractivity contribution in [3.05, 3.63) is 29.0 Å². The summed E-state index contributed by atoms with van der Waals surface area (Å²) < 4.78 is 5.56. The maximum absolute atomic E-state index is 9.77. The highest BCUT2D eigenvalue weighted by atomic mass is 35.5. The molecule has 0 bridgehead atoms. The third-order valence-electron chi connectivity index (χ3n) is 4.51. The molecule has 5 heteroatoms. The van der Waals surface area contributed by atoms with Crippen LogP contribution in [0.2, 0.25) is 5.02 Å². The SMILES string of the molecule is OC[C@]12CCOC[C@H]1CN(Cc1ccncc1Cl)C2. The van der Waals surface area contributed by atoms with Crippen molar-refractivity contribution in [2.75, 3.05) is 32.9 Å².